The molecule has 17 heavy (non-hydrogen) atoms. The smallest absolute Gasteiger partial charge is 0.307 e. The summed E-state index contributed by atoms with van der Waals surface area (Å²) in [7, 11) is 0. The van der Waals surface area contributed by atoms with Crippen molar-refractivity contribution in [1.29, 1.82) is 0 Å². The second-order valence-corrected chi connectivity index (χ2v) is 6.09. The van der Waals surface area contributed by atoms with Gasteiger partial charge in [0.1, 0.15) is 0 Å². The highest BCUT2D eigenvalue weighted by molar-refractivity contribution is 5.70. The molecular weight excluding hydrogens is 214 g/mol. The van der Waals surface area contributed by atoms with E-state index in [-0.39, 0.29) is 5.92 Å². The van der Waals surface area contributed by atoms with E-state index in [4.69, 9.17) is 5.11 Å². The van der Waals surface area contributed by atoms with Crippen LogP contribution in [-0.4, -0.2) is 35.1 Å². The van der Waals surface area contributed by atoms with Crippen LogP contribution in [0.15, 0.2) is 0 Å². The molecule has 2 fully saturated rings. The van der Waals surface area contributed by atoms with Gasteiger partial charge in [0.25, 0.3) is 0 Å². The zero-order valence-electron chi connectivity index (χ0n) is 11.1. The Hall–Kier alpha value is -0.570. The molecule has 4 atom stereocenters. The lowest BCUT2D eigenvalue weighted by atomic mass is 9.78. The minimum Gasteiger partial charge on any atom is -0.481 e. The third kappa shape index (κ3) is 3.01. The maximum atomic E-state index is 11.1. The number of hydrogen-bond acceptors (Lipinski definition) is 2. The predicted molar refractivity (Wildman–Crippen MR) is 67.9 cm³/mol. The minimum atomic E-state index is -0.605. The fraction of sp³-hybridized carbons (Fsp3) is 0.929. The molecule has 1 aliphatic carbocycles. The van der Waals surface area contributed by atoms with Crippen LogP contribution in [0.5, 0.6) is 0 Å². The number of nitrogens with zero attached hydrogens (tertiary/aromatic N) is 1. The van der Waals surface area contributed by atoms with E-state index in [2.05, 4.69) is 18.7 Å². The number of hydrogen-bond donors (Lipinski definition) is 1. The third-order valence-electron chi connectivity index (χ3n) is 4.89. The summed E-state index contributed by atoms with van der Waals surface area (Å²) < 4.78 is 0. The summed E-state index contributed by atoms with van der Waals surface area (Å²) in [6, 6.07) is 0.642. The fourth-order valence-electron chi connectivity index (χ4n) is 3.39. The lowest BCUT2D eigenvalue weighted by molar-refractivity contribution is -0.144. The topological polar surface area (TPSA) is 40.5 Å². The van der Waals surface area contributed by atoms with E-state index in [1.807, 2.05) is 0 Å². The van der Waals surface area contributed by atoms with E-state index < -0.39 is 5.97 Å². The Balaban J connectivity index is 1.91. The SMILES string of the molecule is CC1CCC(N2CCCC(C(=O)O)C2)CC1C. The van der Waals surface area contributed by atoms with Gasteiger partial charge in [0.15, 0.2) is 0 Å². The van der Waals surface area contributed by atoms with Crippen molar-refractivity contribution < 1.29 is 9.90 Å². The molecule has 2 aliphatic rings. The van der Waals surface area contributed by atoms with Crippen molar-refractivity contribution in [2.75, 3.05) is 13.1 Å². The van der Waals surface area contributed by atoms with Gasteiger partial charge in [-0.3, -0.25) is 9.69 Å². The van der Waals surface area contributed by atoms with Crippen molar-refractivity contribution in [1.82, 2.24) is 4.90 Å². The Labute approximate surface area is 104 Å². The van der Waals surface area contributed by atoms with Crippen molar-refractivity contribution in [3.8, 4) is 0 Å². The summed E-state index contributed by atoms with van der Waals surface area (Å²) in [6.07, 6.45) is 5.74. The highest BCUT2D eigenvalue weighted by Crippen LogP contribution is 2.33. The summed E-state index contributed by atoms with van der Waals surface area (Å²) in [4.78, 5) is 13.5. The maximum absolute atomic E-state index is 11.1. The number of carboxylic acids is 1. The molecule has 1 N–H and O–H groups in total. The molecule has 1 heterocycles. The Kier molecular flexibility index (Phi) is 4.08. The fourth-order valence-corrected chi connectivity index (χ4v) is 3.39. The molecule has 2 rings (SSSR count). The van der Waals surface area contributed by atoms with Gasteiger partial charge in [-0.15, -0.1) is 0 Å². The number of carboxylic acid groups (broad SMARTS) is 1. The Bertz CT molecular complexity index is 279. The van der Waals surface area contributed by atoms with Crippen LogP contribution in [0.25, 0.3) is 0 Å². The van der Waals surface area contributed by atoms with E-state index in [1.165, 1.54) is 19.3 Å². The number of rotatable bonds is 2. The molecule has 0 bridgehead atoms. The van der Waals surface area contributed by atoms with Crippen LogP contribution >= 0.6 is 0 Å². The molecule has 1 saturated carbocycles. The van der Waals surface area contributed by atoms with E-state index in [1.54, 1.807) is 0 Å². The zero-order valence-corrected chi connectivity index (χ0v) is 11.1. The van der Waals surface area contributed by atoms with Gasteiger partial charge in [0, 0.05) is 12.6 Å². The highest BCUT2D eigenvalue weighted by Gasteiger charge is 2.33. The summed E-state index contributed by atoms with van der Waals surface area (Å²) in [5.74, 6) is 0.899. The van der Waals surface area contributed by atoms with Gasteiger partial charge in [0.05, 0.1) is 5.92 Å². The van der Waals surface area contributed by atoms with Crippen molar-refractivity contribution in [3.05, 3.63) is 0 Å². The van der Waals surface area contributed by atoms with Gasteiger partial charge in [0.2, 0.25) is 0 Å². The molecule has 0 spiro atoms. The van der Waals surface area contributed by atoms with Gasteiger partial charge in [-0.25, -0.2) is 0 Å². The minimum absolute atomic E-state index is 0.126. The predicted octanol–water partition coefficient (Wildman–Crippen LogP) is 2.61. The highest BCUT2D eigenvalue weighted by atomic mass is 16.4. The van der Waals surface area contributed by atoms with E-state index >= 15 is 0 Å². The number of likely N-dealkylation sites (tertiary alicyclic amines) is 1. The molecular formula is C14H25NO2. The second-order valence-electron chi connectivity index (χ2n) is 6.09. The van der Waals surface area contributed by atoms with Crippen LogP contribution in [0.1, 0.15) is 46.0 Å². The first kappa shape index (κ1) is 12.9. The number of carbonyl (C=O) groups is 1. The van der Waals surface area contributed by atoms with Crippen molar-refractivity contribution in [2.24, 2.45) is 17.8 Å². The molecule has 0 amide bonds. The van der Waals surface area contributed by atoms with Crippen molar-refractivity contribution in [2.45, 2.75) is 52.0 Å². The van der Waals surface area contributed by atoms with Crippen LogP contribution < -0.4 is 0 Å². The molecule has 0 aromatic carbocycles. The molecule has 3 heteroatoms. The Morgan fingerprint density at radius 2 is 1.94 bits per heavy atom. The van der Waals surface area contributed by atoms with Crippen LogP contribution in [0.2, 0.25) is 0 Å². The van der Waals surface area contributed by atoms with Crippen LogP contribution in [-0.2, 0) is 4.79 Å². The molecule has 0 radical (unpaired) electrons. The summed E-state index contributed by atoms with van der Waals surface area (Å²) in [6.45, 7) is 6.57. The van der Waals surface area contributed by atoms with Gasteiger partial charge in [-0.1, -0.05) is 13.8 Å². The summed E-state index contributed by atoms with van der Waals surface area (Å²) >= 11 is 0. The molecule has 1 aliphatic heterocycles. The van der Waals surface area contributed by atoms with E-state index in [0.29, 0.717) is 6.04 Å². The first-order valence-electron chi connectivity index (χ1n) is 7.04. The summed E-state index contributed by atoms with van der Waals surface area (Å²) in [5.41, 5.74) is 0. The average molecular weight is 239 g/mol. The Morgan fingerprint density at radius 1 is 1.18 bits per heavy atom. The summed E-state index contributed by atoms with van der Waals surface area (Å²) in [5, 5.41) is 9.12. The van der Waals surface area contributed by atoms with Gasteiger partial charge in [-0.2, -0.15) is 0 Å². The lowest BCUT2D eigenvalue weighted by Crippen LogP contribution is -2.47. The third-order valence-corrected chi connectivity index (χ3v) is 4.89. The normalized spacial score (nSPS) is 40.1. The van der Waals surface area contributed by atoms with Gasteiger partial charge in [-0.05, 0) is 50.5 Å². The van der Waals surface area contributed by atoms with Crippen LogP contribution in [0.4, 0.5) is 0 Å². The average Bonchev–Trinajstić information content (AvgIpc) is 2.33. The monoisotopic (exact) mass is 239 g/mol. The lowest BCUT2D eigenvalue weighted by Gasteiger charge is -2.42. The van der Waals surface area contributed by atoms with Crippen LogP contribution in [0.3, 0.4) is 0 Å². The number of aliphatic carboxylic acids is 1. The van der Waals surface area contributed by atoms with E-state index in [9.17, 15) is 4.79 Å². The second kappa shape index (κ2) is 5.38. The van der Waals surface area contributed by atoms with Crippen molar-refractivity contribution in [3.63, 3.8) is 0 Å². The number of piperidine rings is 1. The first-order chi connectivity index (χ1) is 8.08. The maximum Gasteiger partial charge on any atom is 0.307 e. The molecule has 3 nitrogen and oxygen atoms in total. The molecule has 98 valence electrons. The molecule has 4 unspecified atom stereocenters. The van der Waals surface area contributed by atoms with Gasteiger partial charge < -0.3 is 5.11 Å². The molecule has 0 aromatic rings. The quantitative estimate of drug-likeness (QED) is 0.805. The van der Waals surface area contributed by atoms with Crippen LogP contribution in [0, 0.1) is 17.8 Å². The zero-order chi connectivity index (χ0) is 12.4. The van der Waals surface area contributed by atoms with Gasteiger partial charge >= 0.3 is 5.97 Å². The van der Waals surface area contributed by atoms with Crippen molar-refractivity contribution >= 4 is 5.97 Å². The molecule has 1 saturated heterocycles. The first-order valence-corrected chi connectivity index (χ1v) is 7.04. The Morgan fingerprint density at radius 3 is 2.59 bits per heavy atom. The van der Waals surface area contributed by atoms with E-state index in [0.717, 1.165) is 37.8 Å². The standard InChI is InChI=1S/C14H25NO2/c1-10-5-6-13(8-11(10)2)15-7-3-4-12(9-15)14(16)17/h10-13H,3-9H2,1-2H3,(H,16,17). The largest absolute Gasteiger partial charge is 0.481 e. The molecule has 0 aromatic heterocycles.